The third kappa shape index (κ3) is 3.72. The Balaban J connectivity index is 1.40. The van der Waals surface area contributed by atoms with Gasteiger partial charge in [0, 0.05) is 31.5 Å². The van der Waals surface area contributed by atoms with Crippen molar-refractivity contribution in [1.29, 1.82) is 0 Å². The van der Waals surface area contributed by atoms with Crippen LogP contribution in [0.15, 0.2) is 36.8 Å². The van der Waals surface area contributed by atoms with E-state index < -0.39 is 0 Å². The van der Waals surface area contributed by atoms with Crippen LogP contribution >= 0.6 is 11.3 Å². The molecule has 1 aliphatic heterocycles. The second kappa shape index (κ2) is 7.08. The molecule has 8 nitrogen and oxygen atoms in total. The first-order valence-corrected chi connectivity index (χ1v) is 8.76. The summed E-state index contributed by atoms with van der Waals surface area (Å²) in [5.41, 5.74) is 1.34. The number of amides is 1. The van der Waals surface area contributed by atoms with Crippen molar-refractivity contribution in [2.45, 2.75) is 13.0 Å². The van der Waals surface area contributed by atoms with Gasteiger partial charge in [0.2, 0.25) is 5.01 Å². The summed E-state index contributed by atoms with van der Waals surface area (Å²) >= 11 is 1.21. The van der Waals surface area contributed by atoms with Crippen LogP contribution < -0.4 is 5.32 Å². The zero-order valence-electron chi connectivity index (χ0n) is 13.3. The predicted octanol–water partition coefficient (Wildman–Crippen LogP) is 2.09. The maximum absolute atomic E-state index is 12.3. The van der Waals surface area contributed by atoms with Gasteiger partial charge in [-0.05, 0) is 18.6 Å². The second-order valence-corrected chi connectivity index (χ2v) is 6.74. The normalized spacial score (nSPS) is 16.9. The number of aromatic nitrogens is 5. The maximum atomic E-state index is 12.3. The number of nitrogens with one attached hydrogen (secondary N) is 1. The molecule has 1 fully saturated rings. The molecular weight excluding hydrogens is 340 g/mol. The smallest absolute Gasteiger partial charge is 0.286 e. The summed E-state index contributed by atoms with van der Waals surface area (Å²) < 4.78 is 7.20. The minimum absolute atomic E-state index is 0.289. The van der Waals surface area contributed by atoms with Crippen LogP contribution in [0.2, 0.25) is 0 Å². The summed E-state index contributed by atoms with van der Waals surface area (Å²) in [5, 5.41) is 16.0. The van der Waals surface area contributed by atoms with Gasteiger partial charge in [-0.2, -0.15) is 5.10 Å². The number of anilines is 1. The van der Waals surface area contributed by atoms with E-state index in [2.05, 4.69) is 25.6 Å². The van der Waals surface area contributed by atoms with Crippen LogP contribution in [0.1, 0.15) is 16.2 Å². The zero-order chi connectivity index (χ0) is 17.1. The molecule has 128 valence electrons. The van der Waals surface area contributed by atoms with E-state index in [4.69, 9.17) is 4.74 Å². The molecule has 1 unspecified atom stereocenters. The van der Waals surface area contributed by atoms with Crippen LogP contribution in [-0.4, -0.2) is 44.1 Å². The Morgan fingerprint density at radius 3 is 3.16 bits per heavy atom. The van der Waals surface area contributed by atoms with Gasteiger partial charge in [-0.15, -0.1) is 10.2 Å². The van der Waals surface area contributed by atoms with Crippen molar-refractivity contribution >= 4 is 22.9 Å². The number of ether oxygens (including phenoxy) is 1. The fourth-order valence-electron chi connectivity index (χ4n) is 2.61. The molecule has 0 bridgehead atoms. The molecule has 25 heavy (non-hydrogen) atoms. The Labute approximate surface area is 147 Å². The molecule has 1 N–H and O–H groups in total. The van der Waals surface area contributed by atoms with Crippen molar-refractivity contribution in [1.82, 2.24) is 25.0 Å². The number of hydrogen-bond acceptors (Lipinski definition) is 7. The van der Waals surface area contributed by atoms with Crippen molar-refractivity contribution in [2.75, 3.05) is 18.5 Å². The first-order chi connectivity index (χ1) is 12.3. The van der Waals surface area contributed by atoms with Crippen LogP contribution in [0.5, 0.6) is 0 Å². The minimum atomic E-state index is -0.302. The molecule has 1 aliphatic rings. The van der Waals surface area contributed by atoms with Crippen molar-refractivity contribution in [3.63, 3.8) is 0 Å². The maximum Gasteiger partial charge on any atom is 0.286 e. The third-order valence-corrected chi connectivity index (χ3v) is 4.81. The number of hydrogen-bond donors (Lipinski definition) is 1. The Kier molecular flexibility index (Phi) is 4.49. The van der Waals surface area contributed by atoms with E-state index in [9.17, 15) is 4.79 Å². The molecule has 4 rings (SSSR count). The predicted molar refractivity (Wildman–Crippen MR) is 92.2 cm³/mol. The Morgan fingerprint density at radius 2 is 2.36 bits per heavy atom. The number of pyridine rings is 1. The van der Waals surface area contributed by atoms with Crippen LogP contribution in [0.25, 0.3) is 10.7 Å². The number of rotatable bonds is 5. The molecule has 1 atom stereocenters. The largest absolute Gasteiger partial charge is 0.381 e. The van der Waals surface area contributed by atoms with Crippen molar-refractivity contribution in [3.05, 3.63) is 41.8 Å². The summed E-state index contributed by atoms with van der Waals surface area (Å²) in [4.78, 5) is 16.5. The number of carbonyl (C=O) groups is 1. The van der Waals surface area contributed by atoms with Crippen molar-refractivity contribution in [3.8, 4) is 10.7 Å². The first-order valence-electron chi connectivity index (χ1n) is 7.94. The van der Waals surface area contributed by atoms with Crippen LogP contribution in [0.4, 0.5) is 5.69 Å². The monoisotopic (exact) mass is 356 g/mol. The second-order valence-electron chi connectivity index (χ2n) is 5.76. The van der Waals surface area contributed by atoms with Crippen LogP contribution in [-0.2, 0) is 11.3 Å². The molecule has 1 amide bonds. The molecule has 4 heterocycles. The molecule has 3 aromatic heterocycles. The van der Waals surface area contributed by atoms with Gasteiger partial charge < -0.3 is 10.1 Å². The Hall–Kier alpha value is -2.65. The topological polar surface area (TPSA) is 94.8 Å². The molecule has 0 radical (unpaired) electrons. The van der Waals surface area contributed by atoms with Gasteiger partial charge in [0.25, 0.3) is 5.91 Å². The van der Waals surface area contributed by atoms with E-state index in [0.29, 0.717) is 22.3 Å². The lowest BCUT2D eigenvalue weighted by atomic mass is 10.1. The lowest BCUT2D eigenvalue weighted by Gasteiger charge is -2.06. The molecule has 3 aromatic rings. The highest BCUT2D eigenvalue weighted by Crippen LogP contribution is 2.22. The number of nitrogens with zero attached hydrogens (tertiary/aromatic N) is 5. The molecule has 9 heteroatoms. The summed E-state index contributed by atoms with van der Waals surface area (Å²) in [5.74, 6) is 0.177. The van der Waals surface area contributed by atoms with Gasteiger partial charge in [-0.3, -0.25) is 14.5 Å². The summed E-state index contributed by atoms with van der Waals surface area (Å²) in [6.45, 7) is 2.37. The SMILES string of the molecule is O=C(Nc1cnn(CC2CCOC2)c1)c1nnc(-c2ccccn2)s1. The third-order valence-electron chi connectivity index (χ3n) is 3.86. The Morgan fingerprint density at radius 1 is 1.40 bits per heavy atom. The van der Waals surface area contributed by atoms with E-state index in [0.717, 1.165) is 26.2 Å². The fourth-order valence-corrected chi connectivity index (χ4v) is 3.33. The lowest BCUT2D eigenvalue weighted by Crippen LogP contribution is -2.12. The van der Waals surface area contributed by atoms with Gasteiger partial charge in [0.05, 0.1) is 18.5 Å². The van der Waals surface area contributed by atoms with E-state index >= 15 is 0 Å². The molecule has 0 aliphatic carbocycles. The Bertz CT molecular complexity index is 856. The molecule has 1 saturated heterocycles. The average molecular weight is 356 g/mol. The zero-order valence-corrected chi connectivity index (χ0v) is 14.1. The van der Waals surface area contributed by atoms with Crippen molar-refractivity contribution < 1.29 is 9.53 Å². The van der Waals surface area contributed by atoms with Gasteiger partial charge in [0.1, 0.15) is 5.69 Å². The first kappa shape index (κ1) is 15.9. The number of carbonyl (C=O) groups excluding carboxylic acids is 1. The van der Waals surface area contributed by atoms with E-state index in [-0.39, 0.29) is 10.9 Å². The highest BCUT2D eigenvalue weighted by atomic mass is 32.1. The van der Waals surface area contributed by atoms with Gasteiger partial charge in [-0.1, -0.05) is 17.4 Å². The van der Waals surface area contributed by atoms with Crippen LogP contribution in [0.3, 0.4) is 0 Å². The van der Waals surface area contributed by atoms with Gasteiger partial charge in [0.15, 0.2) is 5.01 Å². The van der Waals surface area contributed by atoms with Crippen LogP contribution in [0, 0.1) is 5.92 Å². The highest BCUT2D eigenvalue weighted by Gasteiger charge is 2.18. The standard InChI is InChI=1S/C16H16N6O2S/c23-14(16-21-20-15(25-16)13-3-1-2-5-17-13)19-12-7-18-22(9-12)8-11-4-6-24-10-11/h1-3,5,7,9,11H,4,6,8,10H2,(H,19,23). The summed E-state index contributed by atoms with van der Waals surface area (Å²) in [6.07, 6.45) is 6.17. The van der Waals surface area contributed by atoms with Gasteiger partial charge >= 0.3 is 0 Å². The average Bonchev–Trinajstić information content (AvgIpc) is 3.38. The molecule has 0 spiro atoms. The van der Waals surface area contributed by atoms with E-state index in [1.807, 2.05) is 29.1 Å². The lowest BCUT2D eigenvalue weighted by molar-refractivity contribution is 0.102. The van der Waals surface area contributed by atoms with E-state index in [1.165, 1.54) is 11.3 Å². The minimum Gasteiger partial charge on any atom is -0.381 e. The highest BCUT2D eigenvalue weighted by molar-refractivity contribution is 7.16. The summed E-state index contributed by atoms with van der Waals surface area (Å²) in [6, 6.07) is 5.53. The van der Waals surface area contributed by atoms with E-state index in [1.54, 1.807) is 12.4 Å². The van der Waals surface area contributed by atoms with Gasteiger partial charge in [-0.25, -0.2) is 0 Å². The summed E-state index contributed by atoms with van der Waals surface area (Å²) in [7, 11) is 0. The molecule has 0 saturated carbocycles. The molecular formula is C16H16N6O2S. The molecule has 0 aromatic carbocycles. The fraction of sp³-hybridized carbons (Fsp3) is 0.312. The quantitative estimate of drug-likeness (QED) is 0.752. The van der Waals surface area contributed by atoms with Crippen molar-refractivity contribution in [2.24, 2.45) is 5.92 Å².